The molecule has 4 N–H and O–H groups in total. The predicted octanol–water partition coefficient (Wildman–Crippen LogP) is 2.12. The summed E-state index contributed by atoms with van der Waals surface area (Å²) in [4.78, 5) is 23.7. The second kappa shape index (κ2) is 10.8. The van der Waals surface area contributed by atoms with E-state index in [1.54, 1.807) is 13.8 Å². The lowest BCUT2D eigenvalue weighted by atomic mass is 9.95. The number of benzene rings is 1. The molecule has 4 atom stereocenters. The van der Waals surface area contributed by atoms with Crippen molar-refractivity contribution < 1.29 is 42.7 Å². The Labute approximate surface area is 226 Å². The molecule has 0 bridgehead atoms. The first-order valence-electron chi connectivity index (χ1n) is 12.2. The zero-order chi connectivity index (χ0) is 27.9. The molecular weight excluding hydrogens is 542 g/mol. The summed E-state index contributed by atoms with van der Waals surface area (Å²) >= 11 is 6.27. The summed E-state index contributed by atoms with van der Waals surface area (Å²) in [6, 6.07) is 3.42. The molecule has 11 nitrogen and oxygen atoms in total. The van der Waals surface area contributed by atoms with Crippen molar-refractivity contribution in [1.29, 1.82) is 0 Å². The van der Waals surface area contributed by atoms with Crippen molar-refractivity contribution in [3.8, 4) is 11.9 Å². The standard InChI is InChI=1S/C25H27ClF2N4O7/c1-25(2,10-33)9-29-22(35)11-3-14(27)12(15(28)4-11)6-38-23-13(26)5-16-21(31-23)32-24(30-16)39-18-8-37-19-17(34)7-36-20(18)19/h3-5,17-20,33-34H,6-10H2,1-2H3,(H,29,35)(H,30,31,32)/t17-,18-,19?,20?/m1/s1. The van der Waals surface area contributed by atoms with Gasteiger partial charge in [-0.25, -0.2) is 8.78 Å². The largest absolute Gasteiger partial charge is 0.471 e. The quantitative estimate of drug-likeness (QED) is 0.304. The number of aromatic amines is 1. The van der Waals surface area contributed by atoms with E-state index in [0.717, 1.165) is 12.1 Å². The van der Waals surface area contributed by atoms with Crippen LogP contribution in [-0.4, -0.2) is 81.9 Å². The first-order valence-corrected chi connectivity index (χ1v) is 12.6. The maximum Gasteiger partial charge on any atom is 0.296 e. The predicted molar refractivity (Wildman–Crippen MR) is 133 cm³/mol. The van der Waals surface area contributed by atoms with Gasteiger partial charge in [-0.15, -0.1) is 0 Å². The summed E-state index contributed by atoms with van der Waals surface area (Å²) in [6.07, 6.45) is -2.10. The van der Waals surface area contributed by atoms with Gasteiger partial charge in [-0.3, -0.25) is 4.79 Å². The van der Waals surface area contributed by atoms with Gasteiger partial charge < -0.3 is 39.5 Å². The Bertz CT molecular complexity index is 1360. The van der Waals surface area contributed by atoms with Crippen LogP contribution in [-0.2, 0) is 16.1 Å². The van der Waals surface area contributed by atoms with Crippen LogP contribution >= 0.6 is 11.6 Å². The topological polar surface area (TPSA) is 148 Å². The Morgan fingerprint density at radius 1 is 1.21 bits per heavy atom. The molecular formula is C25H27ClF2N4O7. The van der Waals surface area contributed by atoms with Crippen molar-refractivity contribution >= 4 is 28.7 Å². The number of carbonyl (C=O) groups excluding carboxylic acids is 1. The Morgan fingerprint density at radius 3 is 2.64 bits per heavy atom. The number of H-pyrrole nitrogens is 1. The molecule has 2 aromatic heterocycles. The van der Waals surface area contributed by atoms with E-state index in [4.69, 9.17) is 30.5 Å². The number of aliphatic hydroxyl groups is 2. The third-order valence-electron chi connectivity index (χ3n) is 6.53. The summed E-state index contributed by atoms with van der Waals surface area (Å²) in [5, 5.41) is 21.8. The molecule has 2 saturated heterocycles. The van der Waals surface area contributed by atoms with E-state index in [2.05, 4.69) is 20.3 Å². The zero-order valence-corrected chi connectivity index (χ0v) is 21.8. The number of aliphatic hydroxyl groups excluding tert-OH is 2. The number of carbonyl (C=O) groups is 1. The molecule has 4 heterocycles. The Balaban J connectivity index is 1.25. The highest BCUT2D eigenvalue weighted by Gasteiger charge is 2.48. The van der Waals surface area contributed by atoms with E-state index in [1.165, 1.54) is 6.07 Å². The van der Waals surface area contributed by atoms with Gasteiger partial charge in [-0.05, 0) is 18.2 Å². The normalized spacial score (nSPS) is 22.7. The number of rotatable bonds is 9. The number of nitrogens with zero attached hydrogens (tertiary/aromatic N) is 2. The van der Waals surface area contributed by atoms with Crippen molar-refractivity contribution in [1.82, 2.24) is 20.3 Å². The van der Waals surface area contributed by atoms with Crippen LogP contribution in [0, 0.1) is 17.0 Å². The average Bonchev–Trinajstić information content (AvgIpc) is 3.58. The van der Waals surface area contributed by atoms with Crippen LogP contribution in [0.1, 0.15) is 29.8 Å². The second-order valence-electron chi connectivity index (χ2n) is 10.2. The summed E-state index contributed by atoms with van der Waals surface area (Å²) in [6.45, 7) is 3.24. The smallest absolute Gasteiger partial charge is 0.296 e. The molecule has 0 saturated carbocycles. The molecule has 1 aromatic carbocycles. The molecule has 2 aliphatic heterocycles. The SMILES string of the molecule is CC(C)(CO)CNC(=O)c1cc(F)c(COc2nc3nc(O[C@@H]4COC5C4OC[C@H]5O)[nH]c3cc2Cl)c(F)c1. The highest BCUT2D eigenvalue weighted by Crippen LogP contribution is 2.31. The lowest BCUT2D eigenvalue weighted by Crippen LogP contribution is -2.36. The first kappa shape index (κ1) is 27.5. The van der Waals surface area contributed by atoms with Crippen molar-refractivity contribution in [2.75, 3.05) is 26.4 Å². The molecule has 2 unspecified atom stereocenters. The van der Waals surface area contributed by atoms with Gasteiger partial charge in [0.1, 0.15) is 41.6 Å². The minimum atomic E-state index is -0.981. The highest BCUT2D eigenvalue weighted by atomic mass is 35.5. The number of imidazole rings is 1. The third kappa shape index (κ3) is 5.77. The molecule has 210 valence electrons. The minimum Gasteiger partial charge on any atom is -0.471 e. The Morgan fingerprint density at radius 2 is 1.92 bits per heavy atom. The fourth-order valence-corrected chi connectivity index (χ4v) is 4.42. The maximum absolute atomic E-state index is 14.7. The van der Waals surface area contributed by atoms with Gasteiger partial charge in [0.05, 0.1) is 24.3 Å². The number of ether oxygens (including phenoxy) is 4. The molecule has 14 heteroatoms. The average molecular weight is 569 g/mol. The fraction of sp³-hybridized carbons (Fsp3) is 0.480. The maximum atomic E-state index is 14.7. The summed E-state index contributed by atoms with van der Waals surface area (Å²) < 4.78 is 51.9. The van der Waals surface area contributed by atoms with Gasteiger partial charge in [0.25, 0.3) is 11.9 Å². The van der Waals surface area contributed by atoms with Crippen LogP contribution < -0.4 is 14.8 Å². The fourth-order valence-electron chi connectivity index (χ4n) is 4.21. The van der Waals surface area contributed by atoms with Crippen LogP contribution in [0.2, 0.25) is 5.02 Å². The van der Waals surface area contributed by atoms with Gasteiger partial charge in [-0.2, -0.15) is 9.97 Å². The lowest BCUT2D eigenvalue weighted by molar-refractivity contribution is 0.00706. The lowest BCUT2D eigenvalue weighted by Gasteiger charge is -2.21. The first-order chi connectivity index (χ1) is 18.5. The number of fused-ring (bicyclic) bond motifs is 2. The van der Waals surface area contributed by atoms with Crippen LogP contribution in [0.5, 0.6) is 11.9 Å². The highest BCUT2D eigenvalue weighted by molar-refractivity contribution is 6.32. The third-order valence-corrected chi connectivity index (χ3v) is 6.80. The second-order valence-corrected chi connectivity index (χ2v) is 10.6. The molecule has 39 heavy (non-hydrogen) atoms. The molecule has 5 rings (SSSR count). The van der Waals surface area contributed by atoms with E-state index in [9.17, 15) is 23.8 Å². The number of amides is 1. The molecule has 3 aromatic rings. The van der Waals surface area contributed by atoms with E-state index in [1.807, 2.05) is 0 Å². The van der Waals surface area contributed by atoms with Crippen molar-refractivity contribution in [3.05, 3.63) is 46.0 Å². The van der Waals surface area contributed by atoms with Crippen LogP contribution in [0.4, 0.5) is 8.78 Å². The number of nitrogens with one attached hydrogen (secondary N) is 2. The van der Waals surface area contributed by atoms with Crippen LogP contribution in [0.15, 0.2) is 18.2 Å². The molecule has 0 aliphatic carbocycles. The summed E-state index contributed by atoms with van der Waals surface area (Å²) in [5.41, 5.74) is -0.591. The van der Waals surface area contributed by atoms with Crippen molar-refractivity contribution in [2.45, 2.75) is 44.9 Å². The molecule has 0 spiro atoms. The zero-order valence-electron chi connectivity index (χ0n) is 21.0. The Hall–Kier alpha value is -3.10. The van der Waals surface area contributed by atoms with Crippen LogP contribution in [0.25, 0.3) is 11.2 Å². The van der Waals surface area contributed by atoms with Crippen molar-refractivity contribution in [3.63, 3.8) is 0 Å². The van der Waals surface area contributed by atoms with E-state index in [-0.39, 0.29) is 54.5 Å². The summed E-state index contributed by atoms with van der Waals surface area (Å²) in [7, 11) is 0. The van der Waals surface area contributed by atoms with E-state index < -0.39 is 59.5 Å². The van der Waals surface area contributed by atoms with Gasteiger partial charge in [-0.1, -0.05) is 25.4 Å². The van der Waals surface area contributed by atoms with Gasteiger partial charge in [0, 0.05) is 24.1 Å². The molecule has 2 aliphatic rings. The number of hydrogen-bond acceptors (Lipinski definition) is 9. The number of hydrogen-bond donors (Lipinski definition) is 4. The van der Waals surface area contributed by atoms with Gasteiger partial charge in [0.15, 0.2) is 11.8 Å². The number of aromatic nitrogens is 3. The summed E-state index contributed by atoms with van der Waals surface area (Å²) in [5.74, 6) is -2.75. The van der Waals surface area contributed by atoms with E-state index >= 15 is 0 Å². The molecule has 1 amide bonds. The minimum absolute atomic E-state index is 0.0625. The monoisotopic (exact) mass is 568 g/mol. The van der Waals surface area contributed by atoms with Gasteiger partial charge >= 0.3 is 0 Å². The van der Waals surface area contributed by atoms with Gasteiger partial charge in [0.2, 0.25) is 5.88 Å². The number of halogens is 3. The van der Waals surface area contributed by atoms with Crippen molar-refractivity contribution in [2.24, 2.45) is 5.41 Å². The van der Waals surface area contributed by atoms with Crippen LogP contribution in [0.3, 0.4) is 0 Å². The van der Waals surface area contributed by atoms with E-state index in [0.29, 0.717) is 5.52 Å². The molecule has 0 radical (unpaired) electrons. The molecule has 2 fully saturated rings. The number of pyridine rings is 1. The Kier molecular flexibility index (Phi) is 7.62.